The van der Waals surface area contributed by atoms with E-state index in [0.717, 1.165) is 19.3 Å². The first-order valence-corrected chi connectivity index (χ1v) is 9.60. The maximum Gasteiger partial charge on any atom is 0.184 e. The summed E-state index contributed by atoms with van der Waals surface area (Å²) >= 11 is 0. The lowest BCUT2D eigenvalue weighted by atomic mass is 9.98. The molecular formula is C18H34O6. The zero-order valence-electron chi connectivity index (χ0n) is 14.8. The van der Waals surface area contributed by atoms with Crippen LogP contribution in [-0.4, -0.2) is 58.9 Å². The molecular weight excluding hydrogens is 312 g/mol. The summed E-state index contributed by atoms with van der Waals surface area (Å²) in [4.78, 5) is 0. The Kier molecular flexibility index (Phi) is 8.94. The number of hydrogen-bond donors (Lipinski definition) is 3. The van der Waals surface area contributed by atoms with Crippen LogP contribution in [0.15, 0.2) is 0 Å². The third-order valence-corrected chi connectivity index (χ3v) is 4.96. The van der Waals surface area contributed by atoms with Crippen molar-refractivity contribution >= 4 is 0 Å². The summed E-state index contributed by atoms with van der Waals surface area (Å²) < 4.78 is 16.5. The first kappa shape index (κ1) is 20.1. The van der Waals surface area contributed by atoms with Gasteiger partial charge in [0.15, 0.2) is 12.6 Å². The van der Waals surface area contributed by atoms with Gasteiger partial charge in [0.2, 0.25) is 0 Å². The number of fused-ring (bicyclic) bond motifs is 1. The van der Waals surface area contributed by atoms with Gasteiger partial charge < -0.3 is 29.5 Å². The minimum atomic E-state index is -1.39. The molecule has 6 heteroatoms. The number of aliphatic hydroxyl groups is 3. The van der Waals surface area contributed by atoms with E-state index in [1.165, 1.54) is 44.9 Å². The van der Waals surface area contributed by atoms with Gasteiger partial charge in [0.25, 0.3) is 0 Å². The van der Waals surface area contributed by atoms with E-state index in [-0.39, 0.29) is 12.9 Å². The first-order valence-electron chi connectivity index (χ1n) is 9.60. The molecule has 0 saturated carbocycles. The molecule has 1 unspecified atom stereocenters. The normalized spacial score (nSPS) is 36.5. The molecule has 24 heavy (non-hydrogen) atoms. The van der Waals surface area contributed by atoms with Crippen LogP contribution in [0.5, 0.6) is 0 Å². The van der Waals surface area contributed by atoms with Crippen LogP contribution in [0.3, 0.4) is 0 Å². The van der Waals surface area contributed by atoms with Gasteiger partial charge in [0.05, 0.1) is 6.61 Å². The monoisotopic (exact) mass is 346 g/mol. The fraction of sp³-hybridized carbons (Fsp3) is 1.00. The average molecular weight is 346 g/mol. The molecule has 0 aromatic rings. The fourth-order valence-corrected chi connectivity index (χ4v) is 3.41. The van der Waals surface area contributed by atoms with E-state index in [2.05, 4.69) is 6.92 Å². The van der Waals surface area contributed by atoms with Gasteiger partial charge in [-0.3, -0.25) is 0 Å². The van der Waals surface area contributed by atoms with Gasteiger partial charge in [-0.15, -0.1) is 0 Å². The predicted octanol–water partition coefficient (Wildman–Crippen LogP) is 2.09. The number of unbranched alkanes of at least 4 members (excludes halogenated alkanes) is 8. The lowest BCUT2D eigenvalue weighted by molar-refractivity contribution is -0.352. The molecule has 2 aliphatic rings. The summed E-state index contributed by atoms with van der Waals surface area (Å²) in [5.74, 6) is 0. The van der Waals surface area contributed by atoms with Crippen LogP contribution in [0, 0.1) is 0 Å². The van der Waals surface area contributed by atoms with Crippen molar-refractivity contribution in [3.05, 3.63) is 0 Å². The molecule has 0 amide bonds. The van der Waals surface area contributed by atoms with Crippen molar-refractivity contribution in [1.29, 1.82) is 0 Å². The van der Waals surface area contributed by atoms with E-state index < -0.39 is 30.7 Å². The van der Waals surface area contributed by atoms with Crippen molar-refractivity contribution in [3.8, 4) is 0 Å². The standard InChI is InChI=1S/C18H34O6/c1-2-3-4-5-6-7-8-9-10-11-14-22-12-13-17(24-14)15(19)16(20)18(21)23-13/h13-21H,2-12H2,1H3/t13-,14?,15-,16-,17-,18+/m1/s1. The Labute approximate surface area is 145 Å². The van der Waals surface area contributed by atoms with Gasteiger partial charge in [-0.05, 0) is 12.8 Å². The van der Waals surface area contributed by atoms with Gasteiger partial charge in [0, 0.05) is 0 Å². The summed E-state index contributed by atoms with van der Waals surface area (Å²) in [6.45, 7) is 2.51. The van der Waals surface area contributed by atoms with Crippen LogP contribution in [-0.2, 0) is 14.2 Å². The summed E-state index contributed by atoms with van der Waals surface area (Å²) in [5.41, 5.74) is 0. The van der Waals surface area contributed by atoms with Crippen LogP contribution in [0.2, 0.25) is 0 Å². The largest absolute Gasteiger partial charge is 0.387 e. The van der Waals surface area contributed by atoms with E-state index in [0.29, 0.717) is 0 Å². The molecule has 0 aromatic heterocycles. The Morgan fingerprint density at radius 1 is 0.792 bits per heavy atom. The highest BCUT2D eigenvalue weighted by Gasteiger charge is 2.47. The molecule has 0 bridgehead atoms. The lowest BCUT2D eigenvalue weighted by Gasteiger charge is -2.45. The molecule has 2 heterocycles. The maximum absolute atomic E-state index is 10.0. The minimum absolute atomic E-state index is 0.271. The second-order valence-corrected chi connectivity index (χ2v) is 7.03. The average Bonchev–Trinajstić information content (AvgIpc) is 2.59. The smallest absolute Gasteiger partial charge is 0.184 e. The number of ether oxygens (including phenoxy) is 3. The second kappa shape index (κ2) is 10.7. The third kappa shape index (κ3) is 5.93. The second-order valence-electron chi connectivity index (χ2n) is 7.03. The van der Waals surface area contributed by atoms with Crippen molar-refractivity contribution in [3.63, 3.8) is 0 Å². The van der Waals surface area contributed by atoms with Crippen LogP contribution >= 0.6 is 0 Å². The first-order chi connectivity index (χ1) is 11.6. The number of hydrogen-bond acceptors (Lipinski definition) is 6. The summed E-state index contributed by atoms with van der Waals surface area (Å²) in [5, 5.41) is 29.2. The van der Waals surface area contributed by atoms with Crippen LogP contribution in [0.25, 0.3) is 0 Å². The molecule has 2 saturated heterocycles. The van der Waals surface area contributed by atoms with E-state index in [1.54, 1.807) is 0 Å². The van der Waals surface area contributed by atoms with E-state index >= 15 is 0 Å². The molecule has 2 fully saturated rings. The fourth-order valence-electron chi connectivity index (χ4n) is 3.41. The Balaban J connectivity index is 1.55. The zero-order valence-corrected chi connectivity index (χ0v) is 14.8. The lowest BCUT2D eigenvalue weighted by Crippen LogP contribution is -2.62. The van der Waals surface area contributed by atoms with Crippen LogP contribution in [0.4, 0.5) is 0 Å². The van der Waals surface area contributed by atoms with Crippen molar-refractivity contribution in [1.82, 2.24) is 0 Å². The third-order valence-electron chi connectivity index (χ3n) is 4.96. The molecule has 2 aliphatic heterocycles. The van der Waals surface area contributed by atoms with Gasteiger partial charge in [-0.2, -0.15) is 0 Å². The highest BCUT2D eigenvalue weighted by molar-refractivity contribution is 4.91. The topological polar surface area (TPSA) is 88.4 Å². The van der Waals surface area contributed by atoms with Crippen molar-refractivity contribution in [2.24, 2.45) is 0 Å². The summed E-state index contributed by atoms with van der Waals surface area (Å²) in [6, 6.07) is 0. The van der Waals surface area contributed by atoms with Crippen LogP contribution < -0.4 is 0 Å². The summed E-state index contributed by atoms with van der Waals surface area (Å²) in [6.07, 6.45) is 6.76. The molecule has 3 N–H and O–H groups in total. The molecule has 6 atom stereocenters. The zero-order chi connectivity index (χ0) is 17.4. The molecule has 6 nitrogen and oxygen atoms in total. The van der Waals surface area contributed by atoms with Crippen molar-refractivity contribution < 1.29 is 29.5 Å². The Bertz CT molecular complexity index is 337. The SMILES string of the molecule is CCCCCCCCCCCC1OC[C@H]2O[C@H](O)[C@H](O)[C@@H](O)[C@@H]2O1. The molecule has 0 aliphatic carbocycles. The minimum Gasteiger partial charge on any atom is -0.387 e. The molecule has 142 valence electrons. The Morgan fingerprint density at radius 2 is 1.42 bits per heavy atom. The van der Waals surface area contributed by atoms with Crippen LogP contribution in [0.1, 0.15) is 71.1 Å². The molecule has 0 aromatic carbocycles. The van der Waals surface area contributed by atoms with Crippen molar-refractivity contribution in [2.45, 2.75) is 108 Å². The highest BCUT2D eigenvalue weighted by Crippen LogP contribution is 2.29. The Morgan fingerprint density at radius 3 is 2.08 bits per heavy atom. The van der Waals surface area contributed by atoms with Gasteiger partial charge in [-0.1, -0.05) is 58.3 Å². The maximum atomic E-state index is 10.0. The number of aliphatic hydroxyl groups excluding tert-OH is 3. The molecule has 2 rings (SSSR count). The molecule has 0 spiro atoms. The quantitative estimate of drug-likeness (QED) is 0.525. The Hall–Kier alpha value is -0.240. The van der Waals surface area contributed by atoms with E-state index in [1.807, 2.05) is 0 Å². The van der Waals surface area contributed by atoms with Gasteiger partial charge in [0.1, 0.15) is 24.4 Å². The van der Waals surface area contributed by atoms with Gasteiger partial charge in [-0.25, -0.2) is 0 Å². The van der Waals surface area contributed by atoms with E-state index in [9.17, 15) is 15.3 Å². The number of rotatable bonds is 10. The van der Waals surface area contributed by atoms with Crippen molar-refractivity contribution in [2.75, 3.05) is 6.61 Å². The van der Waals surface area contributed by atoms with Gasteiger partial charge >= 0.3 is 0 Å². The molecule has 0 radical (unpaired) electrons. The summed E-state index contributed by atoms with van der Waals surface area (Å²) in [7, 11) is 0. The highest BCUT2D eigenvalue weighted by atomic mass is 16.7. The van der Waals surface area contributed by atoms with E-state index in [4.69, 9.17) is 14.2 Å². The predicted molar refractivity (Wildman–Crippen MR) is 89.4 cm³/mol.